The Hall–Kier alpha value is -1.24. The molecule has 3 rings (SSSR count). The molecule has 0 radical (unpaired) electrons. The lowest BCUT2D eigenvalue weighted by Crippen LogP contribution is -2.41. The summed E-state index contributed by atoms with van der Waals surface area (Å²) in [6.45, 7) is 11.3. The summed E-state index contributed by atoms with van der Waals surface area (Å²) in [6.07, 6.45) is 3.47. The molecule has 0 unspecified atom stereocenters. The number of hydrogen-bond acceptors (Lipinski definition) is 5. The zero-order chi connectivity index (χ0) is 16.8. The van der Waals surface area contributed by atoms with Crippen molar-refractivity contribution in [1.82, 2.24) is 19.6 Å². The van der Waals surface area contributed by atoms with Crippen LogP contribution in [0.2, 0.25) is 0 Å². The normalized spacial score (nSPS) is 21.7. The molecule has 24 heavy (non-hydrogen) atoms. The molecule has 1 aromatic heterocycles. The number of likely N-dealkylation sites (tertiary alicyclic amines) is 1. The molecule has 0 bridgehead atoms. The van der Waals surface area contributed by atoms with Crippen LogP contribution in [-0.2, 0) is 11.3 Å². The van der Waals surface area contributed by atoms with E-state index in [1.165, 1.54) is 6.54 Å². The average Bonchev–Trinajstić information content (AvgIpc) is 2.86. The highest BCUT2D eigenvalue weighted by Gasteiger charge is 2.21. The third-order valence-electron chi connectivity index (χ3n) is 5.19. The van der Waals surface area contributed by atoms with Gasteiger partial charge in [-0.3, -0.25) is 9.69 Å². The minimum atomic E-state index is 0.0198. The van der Waals surface area contributed by atoms with Gasteiger partial charge in [0.05, 0.1) is 12.3 Å². The van der Waals surface area contributed by atoms with E-state index in [1.807, 2.05) is 6.92 Å². The monoisotopic (exact) mass is 334 g/mol. The molecule has 2 saturated heterocycles. The second-order valence-corrected chi connectivity index (χ2v) is 7.09. The second-order valence-electron chi connectivity index (χ2n) is 7.09. The SMILES string of the molecule is Cc1ccc(=O)n(CC2CCN(CCN3CCCOCC3)CC2)n1. The quantitative estimate of drug-likeness (QED) is 0.804. The average molecular weight is 334 g/mol. The van der Waals surface area contributed by atoms with Gasteiger partial charge in [0.1, 0.15) is 0 Å². The van der Waals surface area contributed by atoms with Crippen LogP contribution < -0.4 is 5.56 Å². The van der Waals surface area contributed by atoms with E-state index in [0.29, 0.717) is 5.92 Å². The van der Waals surface area contributed by atoms with Crippen LogP contribution in [0.1, 0.15) is 25.0 Å². The Labute approximate surface area is 144 Å². The molecule has 0 spiro atoms. The highest BCUT2D eigenvalue weighted by molar-refractivity contribution is 4.97. The Balaban J connectivity index is 1.40. The van der Waals surface area contributed by atoms with E-state index in [2.05, 4.69) is 14.9 Å². The van der Waals surface area contributed by atoms with E-state index >= 15 is 0 Å². The van der Waals surface area contributed by atoms with Crippen LogP contribution >= 0.6 is 0 Å². The highest BCUT2D eigenvalue weighted by atomic mass is 16.5. The van der Waals surface area contributed by atoms with Gasteiger partial charge in [-0.05, 0) is 51.3 Å². The lowest BCUT2D eigenvalue weighted by Gasteiger charge is -2.33. The van der Waals surface area contributed by atoms with E-state index in [0.717, 1.165) is 77.4 Å². The zero-order valence-corrected chi connectivity index (χ0v) is 14.8. The van der Waals surface area contributed by atoms with Gasteiger partial charge in [-0.25, -0.2) is 4.68 Å². The Morgan fingerprint density at radius 3 is 2.62 bits per heavy atom. The molecule has 3 heterocycles. The third-order valence-corrected chi connectivity index (χ3v) is 5.19. The number of rotatable bonds is 5. The minimum Gasteiger partial charge on any atom is -0.380 e. The van der Waals surface area contributed by atoms with Gasteiger partial charge in [0.25, 0.3) is 5.56 Å². The maximum absolute atomic E-state index is 11.9. The Morgan fingerprint density at radius 1 is 1.08 bits per heavy atom. The van der Waals surface area contributed by atoms with Gasteiger partial charge in [-0.15, -0.1) is 0 Å². The van der Waals surface area contributed by atoms with Crippen molar-refractivity contribution in [2.45, 2.75) is 32.7 Å². The maximum Gasteiger partial charge on any atom is 0.266 e. The van der Waals surface area contributed by atoms with Gasteiger partial charge < -0.3 is 9.64 Å². The van der Waals surface area contributed by atoms with Crippen LogP contribution in [0.5, 0.6) is 0 Å². The van der Waals surface area contributed by atoms with Crippen molar-refractivity contribution in [3.8, 4) is 0 Å². The van der Waals surface area contributed by atoms with Crippen LogP contribution in [0.15, 0.2) is 16.9 Å². The predicted molar refractivity (Wildman–Crippen MR) is 94.3 cm³/mol. The first-order valence-corrected chi connectivity index (χ1v) is 9.28. The first-order chi connectivity index (χ1) is 11.7. The molecular weight excluding hydrogens is 304 g/mol. The molecule has 0 saturated carbocycles. The minimum absolute atomic E-state index is 0.0198. The van der Waals surface area contributed by atoms with E-state index in [1.54, 1.807) is 16.8 Å². The molecule has 2 aliphatic heterocycles. The van der Waals surface area contributed by atoms with E-state index < -0.39 is 0 Å². The van der Waals surface area contributed by atoms with Crippen molar-refractivity contribution in [3.05, 3.63) is 28.2 Å². The smallest absolute Gasteiger partial charge is 0.266 e. The highest BCUT2D eigenvalue weighted by Crippen LogP contribution is 2.18. The van der Waals surface area contributed by atoms with E-state index in [-0.39, 0.29) is 5.56 Å². The summed E-state index contributed by atoms with van der Waals surface area (Å²) in [4.78, 5) is 17.0. The van der Waals surface area contributed by atoms with Crippen LogP contribution in [0.3, 0.4) is 0 Å². The first-order valence-electron chi connectivity index (χ1n) is 9.28. The van der Waals surface area contributed by atoms with Gasteiger partial charge in [-0.2, -0.15) is 5.10 Å². The lowest BCUT2D eigenvalue weighted by atomic mass is 9.97. The number of aryl methyl sites for hydroxylation is 1. The van der Waals surface area contributed by atoms with Gasteiger partial charge in [0, 0.05) is 45.4 Å². The second kappa shape index (κ2) is 8.74. The number of ether oxygens (including phenoxy) is 1. The van der Waals surface area contributed by atoms with Crippen molar-refractivity contribution in [2.75, 3.05) is 52.5 Å². The number of aromatic nitrogens is 2. The van der Waals surface area contributed by atoms with Crippen LogP contribution in [0.25, 0.3) is 0 Å². The Bertz CT molecular complexity index is 558. The summed E-state index contributed by atoms with van der Waals surface area (Å²) in [6, 6.07) is 3.41. The molecule has 0 amide bonds. The van der Waals surface area contributed by atoms with Crippen molar-refractivity contribution in [1.29, 1.82) is 0 Å². The fourth-order valence-electron chi connectivity index (χ4n) is 3.62. The molecule has 0 N–H and O–H groups in total. The molecule has 2 fully saturated rings. The summed E-state index contributed by atoms with van der Waals surface area (Å²) < 4.78 is 7.16. The third kappa shape index (κ3) is 5.13. The van der Waals surface area contributed by atoms with Crippen molar-refractivity contribution >= 4 is 0 Å². The van der Waals surface area contributed by atoms with Gasteiger partial charge >= 0.3 is 0 Å². The summed E-state index contributed by atoms with van der Waals surface area (Å²) in [5.74, 6) is 0.569. The number of hydrogen-bond donors (Lipinski definition) is 0. The topological polar surface area (TPSA) is 50.6 Å². The summed E-state index contributed by atoms with van der Waals surface area (Å²) in [5.41, 5.74) is 0.930. The van der Waals surface area contributed by atoms with Gasteiger partial charge in [0.2, 0.25) is 0 Å². The van der Waals surface area contributed by atoms with Gasteiger partial charge in [-0.1, -0.05) is 0 Å². The molecule has 1 aromatic rings. The van der Waals surface area contributed by atoms with Crippen LogP contribution in [0.4, 0.5) is 0 Å². The summed E-state index contributed by atoms with van der Waals surface area (Å²) >= 11 is 0. The first kappa shape index (κ1) is 17.6. The molecule has 6 nitrogen and oxygen atoms in total. The molecule has 0 aromatic carbocycles. The van der Waals surface area contributed by atoms with Crippen molar-refractivity contribution < 1.29 is 4.74 Å². The van der Waals surface area contributed by atoms with Gasteiger partial charge in [0.15, 0.2) is 0 Å². The van der Waals surface area contributed by atoms with E-state index in [9.17, 15) is 4.79 Å². The fraction of sp³-hybridized carbons (Fsp3) is 0.778. The summed E-state index contributed by atoms with van der Waals surface area (Å²) in [7, 11) is 0. The molecule has 134 valence electrons. The van der Waals surface area contributed by atoms with Crippen molar-refractivity contribution in [3.63, 3.8) is 0 Å². The largest absolute Gasteiger partial charge is 0.380 e. The molecule has 2 aliphatic rings. The fourth-order valence-corrected chi connectivity index (χ4v) is 3.62. The number of piperidine rings is 1. The van der Waals surface area contributed by atoms with Crippen molar-refractivity contribution in [2.24, 2.45) is 5.92 Å². The Morgan fingerprint density at radius 2 is 1.83 bits per heavy atom. The molecular formula is C18H30N4O2. The molecule has 6 heteroatoms. The predicted octanol–water partition coefficient (Wildman–Crippen LogP) is 0.986. The zero-order valence-electron chi connectivity index (χ0n) is 14.8. The van der Waals surface area contributed by atoms with Crippen LogP contribution in [0, 0.1) is 12.8 Å². The lowest BCUT2D eigenvalue weighted by molar-refractivity contribution is 0.129. The maximum atomic E-state index is 11.9. The standard InChI is InChI=1S/C18H30N4O2/c1-16-3-4-18(23)22(19-16)15-17-5-8-21(9-6-17)11-10-20-7-2-13-24-14-12-20/h3-4,17H,2,5-15H2,1H3. The Kier molecular flexibility index (Phi) is 6.40. The number of nitrogens with zero attached hydrogens (tertiary/aromatic N) is 4. The molecule has 0 atom stereocenters. The van der Waals surface area contributed by atoms with E-state index in [4.69, 9.17) is 4.74 Å². The van der Waals surface area contributed by atoms with Crippen LogP contribution in [-0.4, -0.2) is 72.1 Å². The summed E-state index contributed by atoms with van der Waals surface area (Å²) in [5, 5.41) is 4.36. The molecule has 0 aliphatic carbocycles.